The van der Waals surface area contributed by atoms with Gasteiger partial charge in [0, 0.05) is 18.1 Å². The van der Waals surface area contributed by atoms with E-state index in [9.17, 15) is 9.90 Å². The van der Waals surface area contributed by atoms with Gasteiger partial charge in [-0.2, -0.15) is 0 Å². The van der Waals surface area contributed by atoms with Gasteiger partial charge in [0.1, 0.15) is 10.6 Å². The third-order valence-electron chi connectivity index (χ3n) is 6.06. The van der Waals surface area contributed by atoms with Gasteiger partial charge in [0.15, 0.2) is 5.82 Å². The maximum atomic E-state index is 13.5. The van der Waals surface area contributed by atoms with Gasteiger partial charge in [-0.15, -0.1) is 0 Å². The van der Waals surface area contributed by atoms with E-state index in [1.165, 1.54) is 5.56 Å². The van der Waals surface area contributed by atoms with Crippen LogP contribution >= 0.6 is 11.6 Å². The monoisotopic (exact) mass is 488 g/mol. The van der Waals surface area contributed by atoms with Crippen molar-refractivity contribution in [2.24, 2.45) is 0 Å². The van der Waals surface area contributed by atoms with Crippen molar-refractivity contribution in [2.45, 2.75) is 52.6 Å². The highest BCUT2D eigenvalue weighted by molar-refractivity contribution is 6.31. The lowest BCUT2D eigenvalue weighted by Gasteiger charge is -2.19. The smallest absolute Gasteiger partial charge is 0.274 e. The number of nitrogens with zero attached hydrogens (tertiary/aromatic N) is 4. The summed E-state index contributed by atoms with van der Waals surface area (Å²) in [6.07, 6.45) is 4.09. The number of hydrogen-bond acceptors (Lipinski definition) is 5. The highest BCUT2D eigenvalue weighted by Gasteiger charge is 2.22. The van der Waals surface area contributed by atoms with Crippen molar-refractivity contribution in [3.8, 4) is 17.1 Å². The Morgan fingerprint density at radius 1 is 1.06 bits per heavy atom. The van der Waals surface area contributed by atoms with Crippen LogP contribution in [0.2, 0.25) is 5.02 Å². The predicted octanol–water partition coefficient (Wildman–Crippen LogP) is 5.53. The summed E-state index contributed by atoms with van der Waals surface area (Å²) in [6, 6.07) is 15.7. The maximum Gasteiger partial charge on any atom is 0.274 e. The number of rotatable bonds is 6. The quantitative estimate of drug-likeness (QED) is 0.385. The zero-order valence-electron chi connectivity index (χ0n) is 20.6. The Kier molecular flexibility index (Phi) is 6.88. The van der Waals surface area contributed by atoms with Crippen molar-refractivity contribution < 1.29 is 5.11 Å². The summed E-state index contributed by atoms with van der Waals surface area (Å²) in [6.45, 7) is 9.16. The first-order valence-corrected chi connectivity index (χ1v) is 11.9. The molecular weight excluding hydrogens is 460 g/mol. The molecule has 7 heteroatoms. The van der Waals surface area contributed by atoms with Crippen molar-refractivity contribution in [1.29, 1.82) is 0 Å². The Hall–Kier alpha value is -3.35. The molecule has 0 aliphatic heterocycles. The molecule has 1 unspecified atom stereocenters. The molecule has 1 aromatic carbocycles. The molecule has 1 N–H and O–H groups in total. The van der Waals surface area contributed by atoms with Crippen molar-refractivity contribution in [2.75, 3.05) is 0 Å². The van der Waals surface area contributed by atoms with Gasteiger partial charge in [0.05, 0.1) is 17.1 Å². The summed E-state index contributed by atoms with van der Waals surface area (Å²) in [7, 11) is 0. The van der Waals surface area contributed by atoms with E-state index >= 15 is 0 Å². The summed E-state index contributed by atoms with van der Waals surface area (Å²) in [5.41, 5.74) is 4.02. The number of aliphatic hydroxyl groups is 1. The number of aryl methyl sites for hydroxylation is 2. The molecule has 0 amide bonds. The lowest BCUT2D eigenvalue weighted by molar-refractivity contribution is 0.0688. The average Bonchev–Trinajstić information content (AvgIpc) is 2.82. The van der Waals surface area contributed by atoms with Gasteiger partial charge in [-0.25, -0.2) is 9.97 Å². The van der Waals surface area contributed by atoms with Gasteiger partial charge in [0.2, 0.25) is 0 Å². The van der Waals surface area contributed by atoms with Crippen molar-refractivity contribution in [3.05, 3.63) is 105 Å². The molecular formula is C28H29ClN4O2. The Morgan fingerprint density at radius 3 is 2.46 bits per heavy atom. The van der Waals surface area contributed by atoms with E-state index in [4.69, 9.17) is 11.6 Å². The molecule has 1 atom stereocenters. The molecule has 3 heterocycles. The molecule has 0 spiro atoms. The first-order valence-electron chi connectivity index (χ1n) is 11.6. The molecule has 0 aliphatic rings. The van der Waals surface area contributed by atoms with Crippen LogP contribution in [0.1, 0.15) is 54.9 Å². The summed E-state index contributed by atoms with van der Waals surface area (Å²) in [4.78, 5) is 26.7. The van der Waals surface area contributed by atoms with E-state index in [0.29, 0.717) is 22.9 Å². The number of hydrogen-bond donors (Lipinski definition) is 1. The largest absolute Gasteiger partial charge is 0.382 e. The molecule has 180 valence electrons. The van der Waals surface area contributed by atoms with E-state index in [1.807, 2.05) is 44.2 Å². The fraction of sp³-hybridized carbons (Fsp3) is 0.286. The van der Waals surface area contributed by atoms with Gasteiger partial charge in [-0.05, 0) is 74.9 Å². The van der Waals surface area contributed by atoms with E-state index in [1.54, 1.807) is 36.9 Å². The van der Waals surface area contributed by atoms with Crippen LogP contribution in [-0.4, -0.2) is 24.6 Å². The van der Waals surface area contributed by atoms with Crippen LogP contribution in [0.25, 0.3) is 17.1 Å². The molecule has 6 nitrogen and oxygen atoms in total. The molecule has 0 saturated heterocycles. The average molecular weight is 489 g/mol. The SMILES string of the molecule is Cc1cnc(-c2ccnc(C(C)(C)O)n2)cc1-n1c(C)cc(C(C)Cc2ccccc2)c(Cl)c1=O. The Labute approximate surface area is 210 Å². The summed E-state index contributed by atoms with van der Waals surface area (Å²) >= 11 is 6.66. The third kappa shape index (κ3) is 5.19. The topological polar surface area (TPSA) is 80.9 Å². The molecule has 0 saturated carbocycles. The van der Waals surface area contributed by atoms with Crippen LogP contribution < -0.4 is 5.56 Å². The van der Waals surface area contributed by atoms with Gasteiger partial charge in [-0.3, -0.25) is 14.3 Å². The van der Waals surface area contributed by atoms with Gasteiger partial charge < -0.3 is 5.11 Å². The van der Waals surface area contributed by atoms with Gasteiger partial charge in [-0.1, -0.05) is 48.9 Å². The molecule has 0 bridgehead atoms. The zero-order valence-corrected chi connectivity index (χ0v) is 21.3. The van der Waals surface area contributed by atoms with E-state index in [0.717, 1.165) is 23.2 Å². The van der Waals surface area contributed by atoms with Gasteiger partial charge in [0.25, 0.3) is 5.56 Å². The summed E-state index contributed by atoms with van der Waals surface area (Å²) in [5, 5.41) is 10.5. The first-order chi connectivity index (χ1) is 16.6. The zero-order chi connectivity index (χ0) is 25.3. The van der Waals surface area contributed by atoms with Crippen LogP contribution in [0.4, 0.5) is 0 Å². The third-order valence-corrected chi connectivity index (χ3v) is 6.44. The fourth-order valence-electron chi connectivity index (χ4n) is 4.16. The van der Waals surface area contributed by atoms with Crippen LogP contribution in [0, 0.1) is 13.8 Å². The van der Waals surface area contributed by atoms with E-state index < -0.39 is 5.60 Å². The summed E-state index contributed by atoms with van der Waals surface area (Å²) < 4.78 is 1.62. The second kappa shape index (κ2) is 9.72. The van der Waals surface area contributed by atoms with E-state index in [2.05, 4.69) is 34.0 Å². The Morgan fingerprint density at radius 2 is 1.77 bits per heavy atom. The van der Waals surface area contributed by atoms with Gasteiger partial charge >= 0.3 is 0 Å². The molecule has 35 heavy (non-hydrogen) atoms. The Balaban J connectivity index is 1.77. The van der Waals surface area contributed by atoms with Crippen LogP contribution in [-0.2, 0) is 12.0 Å². The van der Waals surface area contributed by atoms with Crippen LogP contribution in [0.15, 0.2) is 65.7 Å². The lowest BCUT2D eigenvalue weighted by atomic mass is 9.93. The predicted molar refractivity (Wildman–Crippen MR) is 139 cm³/mol. The minimum atomic E-state index is -1.18. The lowest BCUT2D eigenvalue weighted by Crippen LogP contribution is -2.24. The Bertz CT molecular complexity index is 1430. The molecule has 3 aromatic heterocycles. The highest BCUT2D eigenvalue weighted by Crippen LogP contribution is 2.29. The highest BCUT2D eigenvalue weighted by atomic mass is 35.5. The van der Waals surface area contributed by atoms with Crippen molar-refractivity contribution in [3.63, 3.8) is 0 Å². The molecule has 0 radical (unpaired) electrons. The number of pyridine rings is 2. The maximum absolute atomic E-state index is 13.5. The normalized spacial score (nSPS) is 12.5. The number of halogens is 1. The summed E-state index contributed by atoms with van der Waals surface area (Å²) in [5.74, 6) is 0.383. The number of benzene rings is 1. The van der Waals surface area contributed by atoms with Crippen LogP contribution in [0.5, 0.6) is 0 Å². The van der Waals surface area contributed by atoms with Crippen molar-refractivity contribution >= 4 is 11.6 Å². The minimum Gasteiger partial charge on any atom is -0.382 e. The second-order valence-electron chi connectivity index (χ2n) is 9.47. The fourth-order valence-corrected chi connectivity index (χ4v) is 4.49. The first kappa shape index (κ1) is 24.8. The van der Waals surface area contributed by atoms with E-state index in [-0.39, 0.29) is 16.5 Å². The van der Waals surface area contributed by atoms with Crippen molar-refractivity contribution in [1.82, 2.24) is 19.5 Å². The number of aromatic nitrogens is 4. The molecule has 0 aliphatic carbocycles. The molecule has 4 aromatic rings. The standard InChI is InChI=1S/C28H29ClN4O2/c1-17(13-20-9-7-6-8-10-20)21-14-19(3)33(26(34)25(21)29)24-15-23(31-16-18(24)2)22-11-12-30-27(32-22)28(4,5)35/h6-12,14-17,35H,13H2,1-5H3. The molecule has 4 rings (SSSR count). The minimum absolute atomic E-state index is 0.0846. The molecule has 0 fully saturated rings. The van der Waals surface area contributed by atoms with Crippen LogP contribution in [0.3, 0.4) is 0 Å². The second-order valence-corrected chi connectivity index (χ2v) is 9.84.